The molecule has 27 heavy (non-hydrogen) atoms. The van der Waals surface area contributed by atoms with E-state index in [-0.39, 0.29) is 11.6 Å². The van der Waals surface area contributed by atoms with Crippen LogP contribution in [0.1, 0.15) is 20.9 Å². The minimum atomic E-state index is -0.415. The molecule has 1 aromatic heterocycles. The van der Waals surface area contributed by atoms with E-state index in [9.17, 15) is 14.3 Å². The van der Waals surface area contributed by atoms with Crippen molar-refractivity contribution in [3.63, 3.8) is 0 Å². The average molecular weight is 385 g/mol. The Balaban J connectivity index is 1.72. The summed E-state index contributed by atoms with van der Waals surface area (Å²) in [7, 11) is 1.46. The molecule has 2 aromatic carbocycles. The number of ether oxygens (including phenoxy) is 1. The Kier molecular flexibility index (Phi) is 5.46. The van der Waals surface area contributed by atoms with E-state index < -0.39 is 5.91 Å². The summed E-state index contributed by atoms with van der Waals surface area (Å²) in [5.41, 5.74) is 4.17. The number of benzene rings is 2. The van der Waals surface area contributed by atoms with Crippen LogP contribution in [0.15, 0.2) is 47.6 Å². The molecule has 0 spiro atoms. The molecule has 0 fully saturated rings. The third-order valence-electron chi connectivity index (χ3n) is 3.66. The highest BCUT2D eigenvalue weighted by Gasteiger charge is 2.16. The molecule has 6 nitrogen and oxygen atoms in total. The lowest BCUT2D eigenvalue weighted by Crippen LogP contribution is -2.17. The Labute approximate surface area is 159 Å². The van der Waals surface area contributed by atoms with Crippen LogP contribution in [0, 0.1) is 12.7 Å². The first-order chi connectivity index (χ1) is 13.0. The Bertz CT molecular complexity index is 1020. The molecule has 0 radical (unpaired) electrons. The molecule has 2 N–H and O–H groups in total. The number of halogens is 1. The van der Waals surface area contributed by atoms with Gasteiger partial charge in [-0.3, -0.25) is 4.79 Å². The Morgan fingerprint density at radius 2 is 2.15 bits per heavy atom. The summed E-state index contributed by atoms with van der Waals surface area (Å²) in [6.07, 6.45) is 1.40. The van der Waals surface area contributed by atoms with E-state index in [1.165, 1.54) is 31.5 Å². The van der Waals surface area contributed by atoms with Crippen LogP contribution in [-0.2, 0) is 0 Å². The van der Waals surface area contributed by atoms with Gasteiger partial charge in [0.1, 0.15) is 15.7 Å². The summed E-state index contributed by atoms with van der Waals surface area (Å²) in [4.78, 5) is 17.1. The molecule has 138 valence electrons. The van der Waals surface area contributed by atoms with Crippen molar-refractivity contribution in [2.24, 2.45) is 5.10 Å². The lowest BCUT2D eigenvalue weighted by Gasteiger charge is -2.03. The summed E-state index contributed by atoms with van der Waals surface area (Å²) < 4.78 is 18.3. The highest BCUT2D eigenvalue weighted by Crippen LogP contribution is 2.28. The van der Waals surface area contributed by atoms with Crippen LogP contribution in [0.3, 0.4) is 0 Å². The number of aryl methyl sites for hydroxylation is 1. The number of nitrogens with zero attached hydrogens (tertiary/aromatic N) is 2. The van der Waals surface area contributed by atoms with Gasteiger partial charge in [-0.1, -0.05) is 12.1 Å². The van der Waals surface area contributed by atoms with Crippen molar-refractivity contribution < 1.29 is 19.0 Å². The first-order valence-electron chi connectivity index (χ1n) is 7.91. The van der Waals surface area contributed by atoms with Gasteiger partial charge in [-0.15, -0.1) is 11.3 Å². The molecule has 8 heteroatoms. The SMILES string of the molecule is COc1ccc(C=NNC(=O)c2sc(-c3cccc(F)c3)nc2C)cc1O. The van der Waals surface area contributed by atoms with Crippen molar-refractivity contribution in [1.82, 2.24) is 10.4 Å². The van der Waals surface area contributed by atoms with Gasteiger partial charge in [-0.25, -0.2) is 14.8 Å². The van der Waals surface area contributed by atoms with Crippen molar-refractivity contribution in [2.75, 3.05) is 7.11 Å². The molecule has 0 saturated carbocycles. The number of hydrogen-bond acceptors (Lipinski definition) is 6. The monoisotopic (exact) mass is 385 g/mol. The number of aromatic hydroxyl groups is 1. The molecular formula is C19H16FN3O3S. The van der Waals surface area contributed by atoms with Gasteiger partial charge in [-0.2, -0.15) is 5.10 Å². The van der Waals surface area contributed by atoms with Gasteiger partial charge in [0, 0.05) is 5.56 Å². The molecular weight excluding hydrogens is 369 g/mol. The fraction of sp³-hybridized carbons (Fsp3) is 0.105. The number of thiazole rings is 1. The standard InChI is InChI=1S/C19H16FN3O3S/c1-11-17(27-19(22-11)13-4-3-5-14(20)9-13)18(25)23-21-10-12-6-7-16(26-2)15(24)8-12/h3-10,24H,1-2H3,(H,23,25). The van der Waals surface area contributed by atoms with Crippen molar-refractivity contribution >= 4 is 23.5 Å². The summed E-state index contributed by atoms with van der Waals surface area (Å²) in [6, 6.07) is 10.8. The number of rotatable bonds is 5. The molecule has 1 amide bonds. The molecule has 1 heterocycles. The van der Waals surface area contributed by atoms with E-state index in [4.69, 9.17) is 4.74 Å². The van der Waals surface area contributed by atoms with Gasteiger partial charge in [-0.05, 0) is 42.8 Å². The second-order valence-corrected chi connectivity index (χ2v) is 6.57. The zero-order valence-electron chi connectivity index (χ0n) is 14.6. The van der Waals surface area contributed by atoms with Gasteiger partial charge in [0.05, 0.1) is 19.0 Å². The van der Waals surface area contributed by atoms with Gasteiger partial charge in [0.15, 0.2) is 11.5 Å². The second-order valence-electron chi connectivity index (χ2n) is 5.57. The normalized spacial score (nSPS) is 10.9. The van der Waals surface area contributed by atoms with Gasteiger partial charge in [0.2, 0.25) is 0 Å². The van der Waals surface area contributed by atoms with E-state index in [0.717, 1.165) is 11.3 Å². The number of amides is 1. The van der Waals surface area contributed by atoms with Gasteiger partial charge < -0.3 is 9.84 Å². The van der Waals surface area contributed by atoms with Crippen LogP contribution in [0.25, 0.3) is 10.6 Å². The highest BCUT2D eigenvalue weighted by molar-refractivity contribution is 7.17. The first kappa shape index (κ1) is 18.5. The van der Waals surface area contributed by atoms with Crippen molar-refractivity contribution in [1.29, 1.82) is 0 Å². The lowest BCUT2D eigenvalue weighted by atomic mass is 10.2. The van der Waals surface area contributed by atoms with Gasteiger partial charge in [0.25, 0.3) is 5.91 Å². The maximum absolute atomic E-state index is 13.4. The zero-order valence-corrected chi connectivity index (χ0v) is 15.4. The number of carbonyl (C=O) groups is 1. The third kappa shape index (κ3) is 4.29. The number of hydrogen-bond donors (Lipinski definition) is 2. The molecule has 0 bridgehead atoms. The molecule has 0 saturated heterocycles. The third-order valence-corrected chi connectivity index (χ3v) is 4.86. The molecule has 0 aliphatic heterocycles. The van der Waals surface area contributed by atoms with Crippen LogP contribution < -0.4 is 10.2 Å². The highest BCUT2D eigenvalue weighted by atomic mass is 32.1. The van der Waals surface area contributed by atoms with Crippen molar-refractivity contribution in [2.45, 2.75) is 6.92 Å². The van der Waals surface area contributed by atoms with E-state index in [0.29, 0.717) is 32.5 Å². The fourth-order valence-corrected chi connectivity index (χ4v) is 3.31. The smallest absolute Gasteiger partial charge is 0.283 e. The maximum atomic E-state index is 13.4. The molecule has 0 aliphatic carbocycles. The van der Waals surface area contributed by atoms with E-state index in [2.05, 4.69) is 15.5 Å². The number of methoxy groups -OCH3 is 1. The molecule has 0 aliphatic rings. The summed E-state index contributed by atoms with van der Waals surface area (Å²) >= 11 is 1.16. The number of phenols is 1. The van der Waals surface area contributed by atoms with E-state index in [1.54, 1.807) is 31.2 Å². The van der Waals surface area contributed by atoms with Crippen molar-refractivity contribution in [3.05, 3.63) is 64.4 Å². The number of hydrazone groups is 1. The maximum Gasteiger partial charge on any atom is 0.283 e. The summed E-state index contributed by atoms with van der Waals surface area (Å²) in [5.74, 6) is -0.451. The van der Waals surface area contributed by atoms with Gasteiger partial charge >= 0.3 is 0 Å². The van der Waals surface area contributed by atoms with E-state index in [1.807, 2.05) is 0 Å². The van der Waals surface area contributed by atoms with Crippen LogP contribution in [0.2, 0.25) is 0 Å². The minimum absolute atomic E-state index is 0.0224. The second kappa shape index (κ2) is 7.96. The number of nitrogens with one attached hydrogen (secondary N) is 1. The molecule has 3 rings (SSSR count). The Hall–Kier alpha value is -3.26. The fourth-order valence-electron chi connectivity index (χ4n) is 2.36. The lowest BCUT2D eigenvalue weighted by molar-refractivity contribution is 0.0958. The van der Waals surface area contributed by atoms with Crippen LogP contribution in [0.4, 0.5) is 4.39 Å². The number of phenolic OH excluding ortho intramolecular Hbond substituents is 1. The predicted octanol–water partition coefficient (Wildman–Crippen LogP) is 3.74. The van der Waals surface area contributed by atoms with E-state index >= 15 is 0 Å². The number of aromatic nitrogens is 1. The molecule has 0 atom stereocenters. The quantitative estimate of drug-likeness (QED) is 0.518. The van der Waals surface area contributed by atoms with Crippen LogP contribution in [-0.4, -0.2) is 29.3 Å². The zero-order chi connectivity index (χ0) is 19.4. The minimum Gasteiger partial charge on any atom is -0.504 e. The van der Waals surface area contributed by atoms with Crippen LogP contribution in [0.5, 0.6) is 11.5 Å². The van der Waals surface area contributed by atoms with Crippen LogP contribution >= 0.6 is 11.3 Å². The first-order valence-corrected chi connectivity index (χ1v) is 8.73. The Morgan fingerprint density at radius 3 is 2.85 bits per heavy atom. The average Bonchev–Trinajstić information content (AvgIpc) is 3.04. The summed E-state index contributed by atoms with van der Waals surface area (Å²) in [5, 5.41) is 14.2. The van der Waals surface area contributed by atoms with Crippen molar-refractivity contribution in [3.8, 4) is 22.1 Å². The Morgan fingerprint density at radius 1 is 1.33 bits per heavy atom. The summed E-state index contributed by atoms with van der Waals surface area (Å²) in [6.45, 7) is 1.71. The topological polar surface area (TPSA) is 83.8 Å². The number of carbonyl (C=O) groups excluding carboxylic acids is 1. The molecule has 0 unspecified atom stereocenters. The predicted molar refractivity (Wildman–Crippen MR) is 102 cm³/mol. The molecule has 3 aromatic rings. The largest absolute Gasteiger partial charge is 0.504 e.